The van der Waals surface area contributed by atoms with E-state index in [1.54, 1.807) is 18.5 Å². The molecule has 0 unspecified atom stereocenters. The third kappa shape index (κ3) is 2.92. The van der Waals surface area contributed by atoms with Crippen molar-refractivity contribution in [3.05, 3.63) is 65.5 Å². The van der Waals surface area contributed by atoms with Gasteiger partial charge in [-0.1, -0.05) is 6.07 Å². The summed E-state index contributed by atoms with van der Waals surface area (Å²) in [4.78, 5) is 6.69. The van der Waals surface area contributed by atoms with Gasteiger partial charge in [0.1, 0.15) is 11.3 Å². The second-order valence-corrected chi connectivity index (χ2v) is 6.10. The van der Waals surface area contributed by atoms with Crippen LogP contribution >= 0.6 is 0 Å². The summed E-state index contributed by atoms with van der Waals surface area (Å²) in [6, 6.07) is 11.5. The number of hydrogen-bond acceptors (Lipinski definition) is 4. The molecule has 5 heteroatoms. The Balaban J connectivity index is 1.41. The number of pyridine rings is 2. The van der Waals surface area contributed by atoms with E-state index in [0.717, 1.165) is 59.8 Å². The Bertz CT molecular complexity index is 774. The Kier molecular flexibility index (Phi) is 3.71. The van der Waals surface area contributed by atoms with E-state index in [4.69, 9.17) is 4.42 Å². The molecule has 1 aliphatic heterocycles. The van der Waals surface area contributed by atoms with Crippen molar-refractivity contribution in [3.63, 3.8) is 0 Å². The molecule has 1 aliphatic rings. The number of furan rings is 1. The largest absolute Gasteiger partial charge is 0.618 e. The molecule has 0 amide bonds. The van der Waals surface area contributed by atoms with Crippen LogP contribution in [0.25, 0.3) is 11.1 Å². The van der Waals surface area contributed by atoms with Crippen molar-refractivity contribution in [1.29, 1.82) is 0 Å². The Morgan fingerprint density at radius 1 is 1.22 bits per heavy atom. The summed E-state index contributed by atoms with van der Waals surface area (Å²) in [6.07, 6.45) is 5.38. The lowest BCUT2D eigenvalue weighted by Gasteiger charge is -2.30. The van der Waals surface area contributed by atoms with Gasteiger partial charge >= 0.3 is 0 Å². The first kappa shape index (κ1) is 14.2. The van der Waals surface area contributed by atoms with Gasteiger partial charge in [-0.05, 0) is 38.1 Å². The molecular weight excluding hydrogens is 290 g/mol. The summed E-state index contributed by atoms with van der Waals surface area (Å²) in [7, 11) is 0. The highest BCUT2D eigenvalue weighted by Crippen LogP contribution is 2.27. The molecule has 0 spiro atoms. The third-order valence-corrected chi connectivity index (χ3v) is 4.58. The second-order valence-electron chi connectivity index (χ2n) is 6.10. The molecule has 0 saturated carbocycles. The van der Waals surface area contributed by atoms with Gasteiger partial charge in [-0.3, -0.25) is 9.88 Å². The van der Waals surface area contributed by atoms with Gasteiger partial charge in [0.05, 0.1) is 6.54 Å². The fourth-order valence-corrected chi connectivity index (χ4v) is 3.36. The molecule has 23 heavy (non-hydrogen) atoms. The quantitative estimate of drug-likeness (QED) is 0.551. The summed E-state index contributed by atoms with van der Waals surface area (Å²) >= 11 is 0. The Morgan fingerprint density at radius 3 is 2.87 bits per heavy atom. The van der Waals surface area contributed by atoms with E-state index in [1.165, 1.54) is 0 Å². The first-order chi connectivity index (χ1) is 11.3. The molecule has 0 aliphatic carbocycles. The highest BCUT2D eigenvalue weighted by atomic mass is 16.5. The lowest BCUT2D eigenvalue weighted by atomic mass is 9.93. The summed E-state index contributed by atoms with van der Waals surface area (Å²) < 4.78 is 6.85. The molecule has 3 aromatic rings. The number of aromatic nitrogens is 2. The van der Waals surface area contributed by atoms with Crippen molar-refractivity contribution in [2.75, 3.05) is 13.1 Å². The van der Waals surface area contributed by atoms with Gasteiger partial charge in [-0.2, -0.15) is 4.73 Å². The molecule has 4 rings (SSSR count). The van der Waals surface area contributed by atoms with Crippen molar-refractivity contribution < 1.29 is 9.15 Å². The molecule has 4 heterocycles. The molecule has 0 bridgehead atoms. The van der Waals surface area contributed by atoms with Gasteiger partial charge in [-0.15, -0.1) is 0 Å². The first-order valence-electron chi connectivity index (χ1n) is 8.03. The van der Waals surface area contributed by atoms with Crippen LogP contribution in [-0.2, 0) is 6.54 Å². The topological polar surface area (TPSA) is 56.2 Å². The second kappa shape index (κ2) is 6.01. The highest BCUT2D eigenvalue weighted by molar-refractivity contribution is 5.72. The molecule has 0 atom stereocenters. The van der Waals surface area contributed by atoms with Crippen LogP contribution in [-0.4, -0.2) is 23.0 Å². The van der Waals surface area contributed by atoms with Crippen molar-refractivity contribution in [2.24, 2.45) is 0 Å². The Labute approximate surface area is 134 Å². The monoisotopic (exact) mass is 309 g/mol. The number of fused-ring (bicyclic) bond motifs is 1. The molecule has 1 fully saturated rings. The minimum Gasteiger partial charge on any atom is -0.618 e. The zero-order chi connectivity index (χ0) is 15.6. The third-order valence-electron chi connectivity index (χ3n) is 4.58. The fourth-order valence-electron chi connectivity index (χ4n) is 3.36. The highest BCUT2D eigenvalue weighted by Gasteiger charge is 2.26. The van der Waals surface area contributed by atoms with Crippen LogP contribution in [0.3, 0.4) is 0 Å². The van der Waals surface area contributed by atoms with Crippen LogP contribution in [0.2, 0.25) is 0 Å². The number of piperidine rings is 1. The van der Waals surface area contributed by atoms with E-state index in [1.807, 2.05) is 30.3 Å². The van der Waals surface area contributed by atoms with Crippen LogP contribution in [0, 0.1) is 5.21 Å². The maximum Gasteiger partial charge on any atom is 0.195 e. The van der Waals surface area contributed by atoms with E-state index < -0.39 is 0 Å². The normalized spacial score (nSPS) is 16.9. The molecule has 1 saturated heterocycles. The minimum atomic E-state index is 0.349. The summed E-state index contributed by atoms with van der Waals surface area (Å²) in [5, 5.41) is 11.9. The van der Waals surface area contributed by atoms with Gasteiger partial charge in [0.2, 0.25) is 0 Å². The van der Waals surface area contributed by atoms with Gasteiger partial charge in [0.15, 0.2) is 17.5 Å². The zero-order valence-corrected chi connectivity index (χ0v) is 12.9. The van der Waals surface area contributed by atoms with Crippen molar-refractivity contribution in [2.45, 2.75) is 25.3 Å². The van der Waals surface area contributed by atoms with Crippen LogP contribution in [0.15, 0.2) is 53.2 Å². The predicted octanol–water partition coefficient (Wildman–Crippen LogP) is 2.84. The number of nitrogens with zero attached hydrogens (tertiary/aromatic N) is 3. The average Bonchev–Trinajstić information content (AvgIpc) is 2.98. The van der Waals surface area contributed by atoms with Gasteiger partial charge in [-0.25, -0.2) is 0 Å². The van der Waals surface area contributed by atoms with E-state index in [0.29, 0.717) is 5.92 Å². The van der Waals surface area contributed by atoms with Crippen LogP contribution in [0.1, 0.15) is 30.2 Å². The minimum absolute atomic E-state index is 0.349. The van der Waals surface area contributed by atoms with Crippen LogP contribution in [0.4, 0.5) is 0 Å². The predicted molar refractivity (Wildman–Crippen MR) is 86.7 cm³/mol. The first-order valence-corrected chi connectivity index (χ1v) is 8.03. The van der Waals surface area contributed by atoms with Crippen molar-refractivity contribution in [1.82, 2.24) is 9.88 Å². The standard InChI is InChI=1S/C18H19N3O2/c22-21-9-2-1-4-17(21)14-6-10-20(11-7-14)13-15-12-16-18(23-15)5-3-8-19-16/h1-5,8-9,12,14H,6-7,10-11,13H2. The average molecular weight is 309 g/mol. The van der Waals surface area contributed by atoms with Crippen molar-refractivity contribution >= 4 is 11.1 Å². The Hall–Kier alpha value is -2.40. The maximum absolute atomic E-state index is 11.9. The molecule has 118 valence electrons. The maximum atomic E-state index is 11.9. The summed E-state index contributed by atoms with van der Waals surface area (Å²) in [5.74, 6) is 1.30. The smallest absolute Gasteiger partial charge is 0.195 e. The molecule has 0 N–H and O–H groups in total. The van der Waals surface area contributed by atoms with E-state index in [9.17, 15) is 5.21 Å². The van der Waals surface area contributed by atoms with Crippen molar-refractivity contribution in [3.8, 4) is 0 Å². The summed E-state index contributed by atoms with van der Waals surface area (Å²) in [5.41, 5.74) is 2.64. The number of hydrogen-bond donors (Lipinski definition) is 0. The number of rotatable bonds is 3. The summed E-state index contributed by atoms with van der Waals surface area (Å²) in [6.45, 7) is 2.75. The lowest BCUT2D eigenvalue weighted by Crippen LogP contribution is -2.38. The Morgan fingerprint density at radius 2 is 2.09 bits per heavy atom. The zero-order valence-electron chi connectivity index (χ0n) is 12.9. The fraction of sp³-hybridized carbons (Fsp3) is 0.333. The van der Waals surface area contributed by atoms with Gasteiger partial charge in [0.25, 0.3) is 0 Å². The number of likely N-dealkylation sites (tertiary alicyclic amines) is 1. The van der Waals surface area contributed by atoms with Crippen LogP contribution in [0.5, 0.6) is 0 Å². The van der Waals surface area contributed by atoms with Gasteiger partial charge in [0, 0.05) is 30.3 Å². The molecular formula is C18H19N3O2. The van der Waals surface area contributed by atoms with E-state index in [2.05, 4.69) is 9.88 Å². The molecule has 3 aromatic heterocycles. The molecule has 5 nitrogen and oxygen atoms in total. The van der Waals surface area contributed by atoms with E-state index in [-0.39, 0.29) is 0 Å². The van der Waals surface area contributed by atoms with E-state index >= 15 is 0 Å². The van der Waals surface area contributed by atoms with Crippen LogP contribution < -0.4 is 4.73 Å². The SMILES string of the molecule is [O-][n+]1ccccc1C1CCN(Cc2cc3ncccc3o2)CC1. The molecule has 0 aromatic carbocycles. The van der Waals surface area contributed by atoms with Gasteiger partial charge < -0.3 is 9.62 Å². The molecule has 0 radical (unpaired) electrons. The lowest BCUT2D eigenvalue weighted by molar-refractivity contribution is -0.616.